The van der Waals surface area contributed by atoms with E-state index in [0.717, 1.165) is 5.56 Å². The summed E-state index contributed by atoms with van der Waals surface area (Å²) in [5.41, 5.74) is 0.817. The number of carbonyl (C=O) groups excluding carboxylic acids is 1. The normalized spacial score (nSPS) is 12.8. The number of carbonyl (C=O) groups is 1. The summed E-state index contributed by atoms with van der Waals surface area (Å²) in [5, 5.41) is 7.67. The predicted octanol–water partition coefficient (Wildman–Crippen LogP) is 1.76. The fraction of sp³-hybridized carbons (Fsp3) is 0.353. The molecular formula is C17H24N4O3S2. The van der Waals surface area contributed by atoms with E-state index in [0.29, 0.717) is 13.1 Å². The number of sulfonamides is 1. The average Bonchev–Trinajstić information content (AvgIpc) is 3.14. The zero-order valence-corrected chi connectivity index (χ0v) is 16.7. The van der Waals surface area contributed by atoms with Gasteiger partial charge in [-0.05, 0) is 50.3 Å². The Labute approximate surface area is 158 Å². The lowest BCUT2D eigenvalue weighted by molar-refractivity contribution is 0.233. The van der Waals surface area contributed by atoms with Crippen LogP contribution in [0.4, 0.5) is 4.79 Å². The van der Waals surface area contributed by atoms with Crippen molar-refractivity contribution in [3.05, 3.63) is 52.2 Å². The van der Waals surface area contributed by atoms with Crippen LogP contribution in [-0.4, -0.2) is 47.0 Å². The quantitative estimate of drug-likeness (QED) is 0.634. The number of hydrogen-bond donors (Lipinski definition) is 3. The summed E-state index contributed by atoms with van der Waals surface area (Å²) in [5.74, 6) is 0. The van der Waals surface area contributed by atoms with Crippen molar-refractivity contribution in [1.82, 2.24) is 20.3 Å². The Morgan fingerprint density at radius 2 is 1.85 bits per heavy atom. The standard InChI is InChI=1S/C17H24N4O3S2/c1-18-26(23,24)14-8-6-13(7-9-14)11-19-17(22)20-12-15(21(2)3)16-5-4-10-25-16/h4-10,15,18H,11-12H2,1-3H3,(H2,19,20,22). The molecule has 2 amide bonds. The van der Waals surface area contributed by atoms with E-state index in [1.165, 1.54) is 24.1 Å². The largest absolute Gasteiger partial charge is 0.336 e. The summed E-state index contributed by atoms with van der Waals surface area (Å²) in [7, 11) is 1.87. The Balaban J connectivity index is 1.85. The monoisotopic (exact) mass is 396 g/mol. The lowest BCUT2D eigenvalue weighted by atomic mass is 10.2. The minimum absolute atomic E-state index is 0.117. The lowest BCUT2D eigenvalue weighted by Crippen LogP contribution is -2.40. The molecule has 1 unspecified atom stereocenters. The van der Waals surface area contributed by atoms with Crippen molar-refractivity contribution in [3.8, 4) is 0 Å². The second-order valence-electron chi connectivity index (χ2n) is 5.91. The molecule has 1 aromatic heterocycles. The molecule has 0 fully saturated rings. The van der Waals surface area contributed by atoms with Crippen molar-refractivity contribution in [2.75, 3.05) is 27.7 Å². The van der Waals surface area contributed by atoms with Crippen LogP contribution in [0.5, 0.6) is 0 Å². The minimum atomic E-state index is -3.45. The number of likely N-dealkylation sites (N-methyl/N-ethyl adjacent to an activating group) is 1. The van der Waals surface area contributed by atoms with E-state index >= 15 is 0 Å². The van der Waals surface area contributed by atoms with Gasteiger partial charge in [-0.25, -0.2) is 17.9 Å². The molecule has 1 atom stereocenters. The molecule has 3 N–H and O–H groups in total. The summed E-state index contributed by atoms with van der Waals surface area (Å²) < 4.78 is 25.6. The maximum Gasteiger partial charge on any atom is 0.315 e. The molecule has 0 saturated heterocycles. The molecule has 2 rings (SSSR count). The molecule has 0 aliphatic carbocycles. The molecule has 7 nitrogen and oxygen atoms in total. The number of nitrogens with one attached hydrogen (secondary N) is 3. The first kappa shape index (κ1) is 20.4. The average molecular weight is 397 g/mol. The van der Waals surface area contributed by atoms with E-state index in [-0.39, 0.29) is 17.0 Å². The van der Waals surface area contributed by atoms with Gasteiger partial charge in [0.2, 0.25) is 10.0 Å². The van der Waals surface area contributed by atoms with Gasteiger partial charge in [0, 0.05) is 18.0 Å². The molecule has 1 aromatic carbocycles. The molecule has 0 bridgehead atoms. The number of benzene rings is 1. The molecule has 26 heavy (non-hydrogen) atoms. The Morgan fingerprint density at radius 1 is 1.15 bits per heavy atom. The second-order valence-corrected chi connectivity index (χ2v) is 8.78. The first-order chi connectivity index (χ1) is 12.3. The zero-order chi connectivity index (χ0) is 19.2. The zero-order valence-electron chi connectivity index (χ0n) is 15.0. The minimum Gasteiger partial charge on any atom is -0.336 e. The van der Waals surface area contributed by atoms with Gasteiger partial charge in [-0.2, -0.15) is 0 Å². The van der Waals surface area contributed by atoms with Crippen LogP contribution in [-0.2, 0) is 16.6 Å². The van der Waals surface area contributed by atoms with Crippen LogP contribution in [0.25, 0.3) is 0 Å². The third-order valence-electron chi connectivity index (χ3n) is 3.91. The van der Waals surface area contributed by atoms with Gasteiger partial charge >= 0.3 is 6.03 Å². The van der Waals surface area contributed by atoms with Gasteiger partial charge in [-0.1, -0.05) is 18.2 Å². The van der Waals surface area contributed by atoms with Crippen molar-refractivity contribution >= 4 is 27.4 Å². The summed E-state index contributed by atoms with van der Waals surface area (Å²) in [4.78, 5) is 15.5. The Kier molecular flexibility index (Phi) is 7.15. The van der Waals surface area contributed by atoms with Gasteiger partial charge in [-0.15, -0.1) is 11.3 Å². The lowest BCUT2D eigenvalue weighted by Gasteiger charge is -2.23. The molecular weight excluding hydrogens is 372 g/mol. The Bertz CT molecular complexity index is 803. The fourth-order valence-electron chi connectivity index (χ4n) is 2.36. The number of thiophene rings is 1. The number of urea groups is 1. The van der Waals surface area contributed by atoms with Crippen molar-refractivity contribution in [2.24, 2.45) is 0 Å². The Hall–Kier alpha value is -1.94. The molecule has 0 spiro atoms. The van der Waals surface area contributed by atoms with Gasteiger partial charge in [0.1, 0.15) is 0 Å². The highest BCUT2D eigenvalue weighted by atomic mass is 32.2. The van der Waals surface area contributed by atoms with Gasteiger partial charge in [0.15, 0.2) is 0 Å². The van der Waals surface area contributed by atoms with Crippen LogP contribution >= 0.6 is 11.3 Å². The van der Waals surface area contributed by atoms with Gasteiger partial charge in [0.05, 0.1) is 10.9 Å². The second kappa shape index (κ2) is 9.13. The number of hydrogen-bond acceptors (Lipinski definition) is 5. The van der Waals surface area contributed by atoms with Crippen LogP contribution in [0.3, 0.4) is 0 Å². The maximum atomic E-state index is 12.0. The van der Waals surface area contributed by atoms with Crippen molar-refractivity contribution < 1.29 is 13.2 Å². The van der Waals surface area contributed by atoms with Crippen LogP contribution in [0.1, 0.15) is 16.5 Å². The number of amides is 2. The van der Waals surface area contributed by atoms with E-state index in [4.69, 9.17) is 0 Å². The van der Waals surface area contributed by atoms with E-state index in [9.17, 15) is 13.2 Å². The fourth-order valence-corrected chi connectivity index (χ4v) is 4.01. The molecule has 9 heteroatoms. The van der Waals surface area contributed by atoms with E-state index in [1.807, 2.05) is 25.5 Å². The maximum absolute atomic E-state index is 12.0. The van der Waals surface area contributed by atoms with Crippen LogP contribution in [0, 0.1) is 0 Å². The molecule has 0 aliphatic heterocycles. The van der Waals surface area contributed by atoms with E-state index < -0.39 is 10.0 Å². The molecule has 0 radical (unpaired) electrons. The molecule has 1 heterocycles. The van der Waals surface area contributed by atoms with Crippen LogP contribution in [0.2, 0.25) is 0 Å². The van der Waals surface area contributed by atoms with E-state index in [1.54, 1.807) is 23.5 Å². The SMILES string of the molecule is CNS(=O)(=O)c1ccc(CNC(=O)NCC(c2cccs2)N(C)C)cc1. The molecule has 142 valence electrons. The summed E-state index contributed by atoms with van der Waals surface area (Å²) >= 11 is 1.66. The van der Waals surface area contributed by atoms with Crippen LogP contribution < -0.4 is 15.4 Å². The smallest absolute Gasteiger partial charge is 0.315 e. The summed E-state index contributed by atoms with van der Waals surface area (Å²) in [6.07, 6.45) is 0. The molecule has 0 saturated carbocycles. The van der Waals surface area contributed by atoms with Gasteiger partial charge in [0.25, 0.3) is 0 Å². The Morgan fingerprint density at radius 3 is 2.38 bits per heavy atom. The predicted molar refractivity (Wildman–Crippen MR) is 104 cm³/mol. The summed E-state index contributed by atoms with van der Waals surface area (Å²) in [6, 6.07) is 10.3. The first-order valence-corrected chi connectivity index (χ1v) is 10.4. The van der Waals surface area contributed by atoms with Crippen molar-refractivity contribution in [1.29, 1.82) is 0 Å². The third-order valence-corrected chi connectivity index (χ3v) is 6.31. The van der Waals surface area contributed by atoms with Gasteiger partial charge in [-0.3, -0.25) is 0 Å². The van der Waals surface area contributed by atoms with Crippen LogP contribution in [0.15, 0.2) is 46.7 Å². The third kappa shape index (κ3) is 5.53. The highest BCUT2D eigenvalue weighted by molar-refractivity contribution is 7.89. The first-order valence-electron chi connectivity index (χ1n) is 8.07. The molecule has 0 aliphatic rings. The number of nitrogens with zero attached hydrogens (tertiary/aromatic N) is 1. The van der Waals surface area contributed by atoms with Crippen molar-refractivity contribution in [3.63, 3.8) is 0 Å². The molecule has 2 aromatic rings. The van der Waals surface area contributed by atoms with E-state index in [2.05, 4.69) is 26.3 Å². The highest BCUT2D eigenvalue weighted by Gasteiger charge is 2.16. The van der Waals surface area contributed by atoms with Gasteiger partial charge < -0.3 is 15.5 Å². The highest BCUT2D eigenvalue weighted by Crippen LogP contribution is 2.22. The topological polar surface area (TPSA) is 90.5 Å². The number of rotatable bonds is 8. The summed E-state index contributed by atoms with van der Waals surface area (Å²) in [6.45, 7) is 0.816. The van der Waals surface area contributed by atoms with Crippen molar-refractivity contribution in [2.45, 2.75) is 17.5 Å².